The van der Waals surface area contributed by atoms with E-state index in [0.29, 0.717) is 12.4 Å². The Bertz CT molecular complexity index is 891. The molecule has 0 radical (unpaired) electrons. The van der Waals surface area contributed by atoms with Crippen LogP contribution in [0.4, 0.5) is 5.82 Å². The summed E-state index contributed by atoms with van der Waals surface area (Å²) in [6.07, 6.45) is 3.01. The summed E-state index contributed by atoms with van der Waals surface area (Å²) < 4.78 is 1.26. The van der Waals surface area contributed by atoms with E-state index in [0.717, 1.165) is 5.56 Å². The number of fused-ring (bicyclic) bond motifs is 1. The number of benzene rings is 2. The molecule has 3 rings (SSSR count). The van der Waals surface area contributed by atoms with Crippen molar-refractivity contribution in [2.24, 2.45) is 5.73 Å². The van der Waals surface area contributed by atoms with Gasteiger partial charge in [-0.15, -0.1) is 0 Å². The summed E-state index contributed by atoms with van der Waals surface area (Å²) in [5.41, 5.74) is 6.62. The number of nitrogens with zero attached hydrogens (tertiary/aromatic N) is 2. The maximum absolute atomic E-state index is 8.02. The van der Waals surface area contributed by atoms with Crippen LogP contribution in [0.15, 0.2) is 54.9 Å². The van der Waals surface area contributed by atoms with Crippen LogP contribution in [0, 0.1) is 10.8 Å². The second-order valence-corrected chi connectivity index (χ2v) is 4.87. The quantitative estimate of drug-likeness (QED) is 0.437. The monoisotopic (exact) mass is 292 g/mol. The SMILES string of the molecule is N=C(N)n1ccnc(NCc2cccc3ccccc23)c1=N. The molecule has 2 aromatic carbocycles. The van der Waals surface area contributed by atoms with Crippen LogP contribution in [-0.4, -0.2) is 15.5 Å². The van der Waals surface area contributed by atoms with E-state index in [2.05, 4.69) is 28.5 Å². The number of nitrogens with one attached hydrogen (secondary N) is 3. The first kappa shape index (κ1) is 13.8. The second kappa shape index (κ2) is 5.69. The number of nitrogens with two attached hydrogens (primary N) is 1. The first-order valence-electron chi connectivity index (χ1n) is 6.84. The molecule has 0 aliphatic rings. The summed E-state index contributed by atoms with van der Waals surface area (Å²) in [5.74, 6) is 0.186. The van der Waals surface area contributed by atoms with Crippen LogP contribution in [-0.2, 0) is 6.54 Å². The highest BCUT2D eigenvalue weighted by Crippen LogP contribution is 2.18. The molecule has 0 aliphatic heterocycles. The van der Waals surface area contributed by atoms with E-state index in [1.807, 2.05) is 24.3 Å². The van der Waals surface area contributed by atoms with Gasteiger partial charge in [0.05, 0.1) is 0 Å². The summed E-state index contributed by atoms with van der Waals surface area (Å²) >= 11 is 0. The molecule has 0 amide bonds. The topological polar surface area (TPSA) is 104 Å². The summed E-state index contributed by atoms with van der Waals surface area (Å²) in [5, 5.41) is 21.0. The van der Waals surface area contributed by atoms with Crippen LogP contribution in [0.1, 0.15) is 5.56 Å². The Kier molecular flexibility index (Phi) is 3.57. The van der Waals surface area contributed by atoms with Crippen LogP contribution in [0.5, 0.6) is 0 Å². The van der Waals surface area contributed by atoms with Crippen molar-refractivity contribution in [3.8, 4) is 0 Å². The maximum Gasteiger partial charge on any atom is 0.198 e. The van der Waals surface area contributed by atoms with Gasteiger partial charge in [0.1, 0.15) is 0 Å². The molecule has 0 bridgehead atoms. The Labute approximate surface area is 127 Å². The van der Waals surface area contributed by atoms with E-state index in [9.17, 15) is 0 Å². The third-order valence-electron chi connectivity index (χ3n) is 3.47. The van der Waals surface area contributed by atoms with E-state index in [1.165, 1.54) is 27.7 Å². The van der Waals surface area contributed by atoms with Crippen LogP contribution in [0.2, 0.25) is 0 Å². The normalized spacial score (nSPS) is 10.5. The number of anilines is 1. The van der Waals surface area contributed by atoms with E-state index >= 15 is 0 Å². The van der Waals surface area contributed by atoms with Crippen molar-refractivity contribution in [1.29, 1.82) is 10.8 Å². The molecule has 22 heavy (non-hydrogen) atoms. The molecule has 5 N–H and O–H groups in total. The fraction of sp³-hybridized carbons (Fsp3) is 0.0625. The Morgan fingerprint density at radius 3 is 2.77 bits per heavy atom. The summed E-state index contributed by atoms with van der Waals surface area (Å²) in [6, 6.07) is 14.3. The Balaban J connectivity index is 1.91. The smallest absolute Gasteiger partial charge is 0.198 e. The van der Waals surface area contributed by atoms with Crippen molar-refractivity contribution in [2.75, 3.05) is 5.32 Å². The van der Waals surface area contributed by atoms with Crippen LogP contribution < -0.4 is 16.5 Å². The number of aromatic nitrogens is 2. The van der Waals surface area contributed by atoms with E-state index < -0.39 is 0 Å². The Morgan fingerprint density at radius 1 is 1.18 bits per heavy atom. The number of hydrogen-bond acceptors (Lipinski definition) is 4. The van der Waals surface area contributed by atoms with Crippen molar-refractivity contribution in [2.45, 2.75) is 6.54 Å². The zero-order valence-corrected chi connectivity index (χ0v) is 11.9. The third-order valence-corrected chi connectivity index (χ3v) is 3.47. The maximum atomic E-state index is 8.02. The van der Waals surface area contributed by atoms with Crippen molar-refractivity contribution >= 4 is 22.5 Å². The first-order chi connectivity index (χ1) is 10.7. The summed E-state index contributed by atoms with van der Waals surface area (Å²) in [7, 11) is 0. The van der Waals surface area contributed by atoms with E-state index in [-0.39, 0.29) is 11.4 Å². The highest BCUT2D eigenvalue weighted by molar-refractivity contribution is 5.85. The average molecular weight is 292 g/mol. The van der Waals surface area contributed by atoms with Crippen molar-refractivity contribution in [3.63, 3.8) is 0 Å². The molecule has 6 nitrogen and oxygen atoms in total. The highest BCUT2D eigenvalue weighted by atomic mass is 15.2. The van der Waals surface area contributed by atoms with Gasteiger partial charge in [0.25, 0.3) is 0 Å². The predicted octanol–water partition coefficient (Wildman–Crippen LogP) is 1.87. The molecule has 0 saturated carbocycles. The molecule has 0 atom stereocenters. The van der Waals surface area contributed by atoms with E-state index in [4.69, 9.17) is 16.6 Å². The van der Waals surface area contributed by atoms with Gasteiger partial charge in [0.15, 0.2) is 17.3 Å². The lowest BCUT2D eigenvalue weighted by Crippen LogP contribution is -2.33. The molecule has 110 valence electrons. The van der Waals surface area contributed by atoms with Crippen molar-refractivity contribution < 1.29 is 0 Å². The molecule has 1 heterocycles. The fourth-order valence-electron chi connectivity index (χ4n) is 2.38. The number of nitrogen functional groups attached to an aromatic ring is 1. The highest BCUT2D eigenvalue weighted by Gasteiger charge is 2.05. The van der Waals surface area contributed by atoms with Gasteiger partial charge in [-0.1, -0.05) is 42.5 Å². The second-order valence-electron chi connectivity index (χ2n) is 4.87. The minimum atomic E-state index is -0.208. The van der Waals surface area contributed by atoms with Crippen molar-refractivity contribution in [3.05, 3.63) is 65.9 Å². The molecular formula is C16H16N6. The minimum Gasteiger partial charge on any atom is -0.369 e. The van der Waals surface area contributed by atoms with Crippen LogP contribution in [0.25, 0.3) is 10.8 Å². The molecule has 6 heteroatoms. The number of hydrogen-bond donors (Lipinski definition) is 4. The van der Waals surface area contributed by atoms with Gasteiger partial charge >= 0.3 is 0 Å². The van der Waals surface area contributed by atoms with Gasteiger partial charge in [0.2, 0.25) is 0 Å². The van der Waals surface area contributed by atoms with Gasteiger partial charge in [-0.05, 0) is 16.3 Å². The molecule has 0 saturated heterocycles. The largest absolute Gasteiger partial charge is 0.369 e. The number of rotatable bonds is 3. The van der Waals surface area contributed by atoms with Crippen LogP contribution >= 0.6 is 0 Å². The Morgan fingerprint density at radius 2 is 1.95 bits per heavy atom. The summed E-state index contributed by atoms with van der Waals surface area (Å²) in [6.45, 7) is 0.544. The summed E-state index contributed by atoms with van der Waals surface area (Å²) in [4.78, 5) is 4.14. The van der Waals surface area contributed by atoms with Crippen molar-refractivity contribution in [1.82, 2.24) is 9.55 Å². The lowest BCUT2D eigenvalue weighted by molar-refractivity contribution is 0.913. The third kappa shape index (κ3) is 2.54. The molecule has 0 fully saturated rings. The van der Waals surface area contributed by atoms with Gasteiger partial charge in [-0.3, -0.25) is 15.4 Å². The van der Waals surface area contributed by atoms with E-state index in [1.54, 1.807) is 0 Å². The van der Waals surface area contributed by atoms with Crippen LogP contribution in [0.3, 0.4) is 0 Å². The van der Waals surface area contributed by atoms with Gasteiger partial charge < -0.3 is 11.1 Å². The van der Waals surface area contributed by atoms with Gasteiger partial charge in [0, 0.05) is 18.9 Å². The first-order valence-corrected chi connectivity index (χ1v) is 6.84. The minimum absolute atomic E-state index is 0.0650. The molecule has 1 aromatic heterocycles. The molecule has 3 aromatic rings. The predicted molar refractivity (Wildman–Crippen MR) is 86.7 cm³/mol. The Hall–Kier alpha value is -3.15. The molecule has 0 aliphatic carbocycles. The molecular weight excluding hydrogens is 276 g/mol. The zero-order chi connectivity index (χ0) is 15.5. The lowest BCUT2D eigenvalue weighted by atomic mass is 10.0. The standard InChI is InChI=1S/C16H16N6/c17-14-15(20-8-9-22(14)16(18)19)21-10-12-6-3-5-11-4-1-2-7-13(11)12/h1-9,17H,10H2,(H3,18,19)(H,20,21). The molecule has 0 spiro atoms. The molecule has 0 unspecified atom stereocenters. The lowest BCUT2D eigenvalue weighted by Gasteiger charge is -2.11. The average Bonchev–Trinajstić information content (AvgIpc) is 2.53. The van der Waals surface area contributed by atoms with Gasteiger partial charge in [-0.25, -0.2) is 4.98 Å². The van der Waals surface area contributed by atoms with Gasteiger partial charge in [-0.2, -0.15) is 0 Å². The zero-order valence-electron chi connectivity index (χ0n) is 11.9. The fourth-order valence-corrected chi connectivity index (χ4v) is 2.38.